The van der Waals surface area contributed by atoms with E-state index in [1.54, 1.807) is 4.90 Å². The van der Waals surface area contributed by atoms with E-state index < -0.39 is 54.6 Å². The average molecular weight is 1210 g/mol. The third kappa shape index (κ3) is 39.2. The van der Waals surface area contributed by atoms with Crippen molar-refractivity contribution in [2.24, 2.45) is 23.5 Å². The lowest BCUT2D eigenvalue weighted by atomic mass is 9.98. The van der Waals surface area contributed by atoms with Crippen LogP contribution in [0, 0.1) is 17.8 Å². The minimum Gasteiger partial charge on any atom is -0.466 e. The number of aliphatic hydroxyl groups excluding tert-OH is 2. The molecule has 0 saturated heterocycles. The molecule has 0 spiro atoms. The highest BCUT2D eigenvalue weighted by Crippen LogP contribution is 2.20. The molecule has 0 aromatic heterocycles. The maximum atomic E-state index is 15.1. The molecular weight excluding hydrogens is 1080 g/mol. The zero-order valence-corrected chi connectivity index (χ0v) is 55.5. The number of amides is 7. The summed E-state index contributed by atoms with van der Waals surface area (Å²) in [5, 5.41) is 22.4. The van der Waals surface area contributed by atoms with Crippen LogP contribution in [0.25, 0.3) is 0 Å². The van der Waals surface area contributed by atoms with Gasteiger partial charge in [-0.15, -0.1) is 0 Å². The molecule has 0 aromatic carbocycles. The maximum absolute atomic E-state index is 15.1. The number of carbonyl (C=O) groups excluding carboxylic acids is 8. The van der Waals surface area contributed by atoms with Crippen LogP contribution in [0.15, 0.2) is 0 Å². The molecule has 85 heavy (non-hydrogen) atoms. The monoisotopic (exact) mass is 1210 g/mol. The predicted octanol–water partition coefficient (Wildman–Crippen LogP) is 9.27. The predicted molar refractivity (Wildman–Crippen MR) is 341 cm³/mol. The number of aliphatic hydroxyl groups is 2. The van der Waals surface area contributed by atoms with Gasteiger partial charge in [0.15, 0.2) is 0 Å². The molecule has 3 unspecified atom stereocenters. The Kier molecular flexibility index (Phi) is 50.0. The van der Waals surface area contributed by atoms with Crippen LogP contribution in [-0.4, -0.2) is 198 Å². The Labute approximate surface area is 516 Å². The zero-order chi connectivity index (χ0) is 63.6. The number of nitrogens with two attached hydrogens (primary N) is 1. The summed E-state index contributed by atoms with van der Waals surface area (Å²) in [5.41, 5.74) is 5.65. The number of hydrogen-bond donors (Lipinski definition) is 4. The normalized spacial score (nSPS) is 12.4. The number of ether oxygens (including phenoxy) is 1. The summed E-state index contributed by atoms with van der Waals surface area (Å²) in [4.78, 5) is 122. The molecule has 0 aliphatic heterocycles. The summed E-state index contributed by atoms with van der Waals surface area (Å²) in [5.74, 6) is -3.35. The topological polar surface area (TPSA) is 244 Å². The van der Waals surface area contributed by atoms with Crippen molar-refractivity contribution in [3.8, 4) is 0 Å². The van der Waals surface area contributed by atoms with Crippen molar-refractivity contribution in [2.75, 3.05) is 105 Å². The van der Waals surface area contributed by atoms with Crippen molar-refractivity contribution in [3.63, 3.8) is 0 Å². The van der Waals surface area contributed by atoms with Gasteiger partial charge in [0.25, 0.3) is 0 Å². The van der Waals surface area contributed by atoms with Gasteiger partial charge < -0.3 is 55.4 Å². The molecule has 0 aliphatic carbocycles. The van der Waals surface area contributed by atoms with Crippen molar-refractivity contribution in [3.05, 3.63) is 0 Å². The highest BCUT2D eigenvalue weighted by atomic mass is 16.5. The van der Waals surface area contributed by atoms with Crippen molar-refractivity contribution in [1.29, 1.82) is 0 Å². The lowest BCUT2D eigenvalue weighted by molar-refractivity contribution is -0.149. The van der Waals surface area contributed by atoms with E-state index in [4.69, 9.17) is 10.5 Å². The van der Waals surface area contributed by atoms with E-state index in [-0.39, 0.29) is 121 Å². The smallest absolute Gasteiger partial charge is 0.305 e. The van der Waals surface area contributed by atoms with Crippen molar-refractivity contribution < 1.29 is 53.3 Å². The maximum Gasteiger partial charge on any atom is 0.305 e. The minimum atomic E-state index is -0.716. The average Bonchev–Trinajstić information content (AvgIpc) is 3.67. The van der Waals surface area contributed by atoms with Gasteiger partial charge in [-0.1, -0.05) is 197 Å². The number of esters is 1. The molecule has 0 aromatic rings. The number of carbonyl (C=O) groups is 8. The number of rotatable bonds is 57. The third-order valence-electron chi connectivity index (χ3n) is 16.5. The van der Waals surface area contributed by atoms with Crippen LogP contribution in [0.1, 0.15) is 249 Å². The van der Waals surface area contributed by atoms with E-state index in [1.807, 2.05) is 0 Å². The van der Waals surface area contributed by atoms with E-state index in [1.165, 1.54) is 37.3 Å². The third-order valence-corrected chi connectivity index (χ3v) is 16.5. The highest BCUT2D eigenvalue weighted by molar-refractivity contribution is 5.93. The van der Waals surface area contributed by atoms with Crippen LogP contribution >= 0.6 is 0 Å². The SMILES string of the molecule is CCCCCCCCCC(=O)OCCCN(CC(=O)N(CC(=O)N(CCCCCC)CC(N)=O)CC(CC)CCCC)C(=O)CN(CCCCCC)C(=O)CN(CC(CC)CCCC)C(=O)CN(CC(CC)CCCC)C(=O)CNC(CO)CO. The molecule has 0 radical (unpaired) electrons. The number of unbranched alkanes of at least 4 members (excludes halogenated alkanes) is 15. The molecule has 0 saturated carbocycles. The molecule has 19 nitrogen and oxygen atoms in total. The first-order valence-corrected chi connectivity index (χ1v) is 34.0. The van der Waals surface area contributed by atoms with Crippen molar-refractivity contribution >= 4 is 47.3 Å². The van der Waals surface area contributed by atoms with Crippen LogP contribution in [-0.2, 0) is 43.1 Å². The summed E-state index contributed by atoms with van der Waals surface area (Å²) in [6, 6.07) is -0.716. The molecule has 5 N–H and O–H groups in total. The summed E-state index contributed by atoms with van der Waals surface area (Å²) in [6.45, 7) is 17.2. The van der Waals surface area contributed by atoms with Crippen molar-refractivity contribution in [1.82, 2.24) is 34.7 Å². The molecule has 0 heterocycles. The Balaban J connectivity index is 7.45. The molecule has 0 bridgehead atoms. The van der Waals surface area contributed by atoms with Crippen molar-refractivity contribution in [2.45, 2.75) is 255 Å². The van der Waals surface area contributed by atoms with Gasteiger partial charge in [0, 0.05) is 45.7 Å². The number of nitrogens with one attached hydrogen (secondary N) is 1. The molecular formula is C66H126N8O11. The van der Waals surface area contributed by atoms with Gasteiger partial charge in [-0.2, -0.15) is 0 Å². The van der Waals surface area contributed by atoms with Crippen LogP contribution in [0.5, 0.6) is 0 Å². The first-order valence-electron chi connectivity index (χ1n) is 34.0. The quantitative estimate of drug-likeness (QED) is 0.0329. The minimum absolute atomic E-state index is 0.00847. The fourth-order valence-electron chi connectivity index (χ4n) is 10.6. The fourth-order valence-corrected chi connectivity index (χ4v) is 10.6. The second kappa shape index (κ2) is 52.7. The molecule has 496 valence electrons. The van der Waals surface area contributed by atoms with Gasteiger partial charge in [-0.05, 0) is 62.7 Å². The number of nitrogens with zero attached hydrogens (tertiary/aromatic N) is 6. The van der Waals surface area contributed by atoms with E-state index in [9.17, 15) is 39.0 Å². The summed E-state index contributed by atoms with van der Waals surface area (Å²) in [7, 11) is 0. The second-order valence-corrected chi connectivity index (χ2v) is 24.0. The van der Waals surface area contributed by atoms with E-state index in [0.717, 1.165) is 148 Å². The molecule has 7 amide bonds. The van der Waals surface area contributed by atoms with Gasteiger partial charge >= 0.3 is 5.97 Å². The number of primary amides is 1. The Morgan fingerprint density at radius 3 is 1.07 bits per heavy atom. The largest absolute Gasteiger partial charge is 0.466 e. The molecule has 0 aliphatic rings. The number of hydrogen-bond acceptors (Lipinski definition) is 12. The van der Waals surface area contributed by atoms with Crippen LogP contribution in [0.3, 0.4) is 0 Å². The molecule has 0 rings (SSSR count). The Hall–Kier alpha value is -4.36. The first kappa shape index (κ1) is 80.6. The zero-order valence-electron chi connectivity index (χ0n) is 55.5. The Bertz CT molecular complexity index is 1790. The summed E-state index contributed by atoms with van der Waals surface area (Å²) >= 11 is 0. The Morgan fingerprint density at radius 1 is 0.388 bits per heavy atom. The van der Waals surface area contributed by atoms with E-state index in [2.05, 4.69) is 67.6 Å². The van der Waals surface area contributed by atoms with Crippen LogP contribution in [0.2, 0.25) is 0 Å². The van der Waals surface area contributed by atoms with Crippen LogP contribution < -0.4 is 11.1 Å². The highest BCUT2D eigenvalue weighted by Gasteiger charge is 2.32. The van der Waals surface area contributed by atoms with Gasteiger partial charge in [-0.3, -0.25) is 38.4 Å². The van der Waals surface area contributed by atoms with Gasteiger partial charge in [0.2, 0.25) is 41.4 Å². The first-order chi connectivity index (χ1) is 40.9. The lowest BCUT2D eigenvalue weighted by Crippen LogP contribution is -2.53. The molecule has 0 fully saturated rings. The van der Waals surface area contributed by atoms with Gasteiger partial charge in [0.05, 0.1) is 71.7 Å². The second-order valence-electron chi connectivity index (χ2n) is 24.0. The van der Waals surface area contributed by atoms with E-state index in [0.29, 0.717) is 25.9 Å². The van der Waals surface area contributed by atoms with Gasteiger partial charge in [-0.25, -0.2) is 0 Å². The van der Waals surface area contributed by atoms with Crippen LogP contribution in [0.4, 0.5) is 0 Å². The molecule has 3 atom stereocenters. The lowest BCUT2D eigenvalue weighted by Gasteiger charge is -2.34. The molecule has 19 heteroatoms. The fraction of sp³-hybridized carbons (Fsp3) is 0.879. The summed E-state index contributed by atoms with van der Waals surface area (Å²) < 4.78 is 5.67. The van der Waals surface area contributed by atoms with Gasteiger partial charge in [0.1, 0.15) is 0 Å². The summed E-state index contributed by atoms with van der Waals surface area (Å²) in [6.07, 6.45) is 25.1. The van der Waals surface area contributed by atoms with E-state index >= 15 is 9.59 Å². The Morgan fingerprint density at radius 2 is 0.706 bits per heavy atom. The standard InChI is InChI=1S/C66H126N8O11/c1-10-19-25-28-29-30-31-38-66(84)85-42-34-41-71(49-64(82)73(45-56(17-8)36-23-14-5)50-62(80)69(47-59(67)77)39-32-26-20-11-2)61(79)48-70(40-33-27-21-12-3)63(81)51-74(46-57(18-9)37-24-15-6)65(83)52-72(44-55(16-7)35-22-13-4)60(78)43-68-58(53-75)54-76/h55-58,68,75-76H,10-54H2,1-9H3,(H2,67,77).